The van der Waals surface area contributed by atoms with Crippen LogP contribution in [-0.4, -0.2) is 32.7 Å². The largest absolute Gasteiger partial charge is 0.369 e. The summed E-state index contributed by atoms with van der Waals surface area (Å²) < 4.78 is 0. The summed E-state index contributed by atoms with van der Waals surface area (Å²) in [4.78, 5) is 2.23. The predicted molar refractivity (Wildman–Crippen MR) is 69.5 cm³/mol. The molecule has 0 heterocycles. The number of hydrogen-bond acceptors (Lipinski definition) is 4. The van der Waals surface area contributed by atoms with E-state index < -0.39 is 0 Å². The number of rotatable bonds is 7. The quantitative estimate of drug-likeness (QED) is 0.602. The van der Waals surface area contributed by atoms with Gasteiger partial charge < -0.3 is 22.1 Å². The van der Waals surface area contributed by atoms with Crippen LogP contribution in [0.5, 0.6) is 0 Å². The van der Waals surface area contributed by atoms with Crippen LogP contribution in [0.2, 0.25) is 0 Å². The first kappa shape index (κ1) is 13.0. The van der Waals surface area contributed by atoms with Crippen molar-refractivity contribution >= 4 is 5.69 Å². The van der Waals surface area contributed by atoms with Crippen LogP contribution in [-0.2, 0) is 6.42 Å². The Labute approximate surface area is 97.4 Å². The lowest BCUT2D eigenvalue weighted by Crippen LogP contribution is -2.34. The van der Waals surface area contributed by atoms with E-state index in [0.29, 0.717) is 19.6 Å². The molecule has 0 aliphatic carbocycles. The van der Waals surface area contributed by atoms with Gasteiger partial charge in [-0.3, -0.25) is 0 Å². The second kappa shape index (κ2) is 7.22. The highest BCUT2D eigenvalue weighted by Gasteiger charge is 2.08. The standard InChI is InChI=1S/C12H22N4/c13-6-5-11-3-1-2-4-12(11)16(9-7-14)10-8-15/h1-4H,5-10,13-15H2. The molecule has 1 aromatic rings. The van der Waals surface area contributed by atoms with E-state index in [2.05, 4.69) is 17.0 Å². The van der Waals surface area contributed by atoms with Crippen molar-refractivity contribution in [2.75, 3.05) is 37.6 Å². The summed E-state index contributed by atoms with van der Waals surface area (Å²) in [6, 6.07) is 8.30. The average Bonchev–Trinajstić information content (AvgIpc) is 2.30. The number of benzene rings is 1. The Kier molecular flexibility index (Phi) is 5.85. The van der Waals surface area contributed by atoms with E-state index in [0.717, 1.165) is 19.5 Å². The van der Waals surface area contributed by atoms with Crippen molar-refractivity contribution in [1.82, 2.24) is 0 Å². The summed E-state index contributed by atoms with van der Waals surface area (Å²) in [6.45, 7) is 3.60. The highest BCUT2D eigenvalue weighted by molar-refractivity contribution is 5.53. The first-order valence-electron chi connectivity index (χ1n) is 5.76. The number of anilines is 1. The summed E-state index contributed by atoms with van der Waals surface area (Å²) in [5.41, 5.74) is 19.3. The highest BCUT2D eigenvalue weighted by Crippen LogP contribution is 2.19. The average molecular weight is 222 g/mol. The topological polar surface area (TPSA) is 81.3 Å². The summed E-state index contributed by atoms with van der Waals surface area (Å²) in [6.07, 6.45) is 0.891. The normalized spacial score (nSPS) is 10.4. The highest BCUT2D eigenvalue weighted by atomic mass is 15.1. The predicted octanol–water partition coefficient (Wildman–Crippen LogP) is -0.0884. The van der Waals surface area contributed by atoms with Crippen LogP contribution in [0.4, 0.5) is 5.69 Å². The zero-order valence-electron chi connectivity index (χ0n) is 9.73. The number of nitrogens with two attached hydrogens (primary N) is 3. The molecule has 0 radical (unpaired) electrons. The molecule has 6 N–H and O–H groups in total. The molecule has 0 aliphatic rings. The van der Waals surface area contributed by atoms with Crippen molar-refractivity contribution in [2.45, 2.75) is 6.42 Å². The molecule has 90 valence electrons. The zero-order valence-corrected chi connectivity index (χ0v) is 9.73. The molecule has 1 aromatic carbocycles. The Bertz CT molecular complexity index is 295. The van der Waals surface area contributed by atoms with Gasteiger partial charge in [0.25, 0.3) is 0 Å². The van der Waals surface area contributed by atoms with E-state index >= 15 is 0 Å². The van der Waals surface area contributed by atoms with Crippen LogP contribution in [0.1, 0.15) is 5.56 Å². The molecule has 0 spiro atoms. The summed E-state index contributed by atoms with van der Waals surface area (Å²) >= 11 is 0. The van der Waals surface area contributed by atoms with Crippen molar-refractivity contribution in [1.29, 1.82) is 0 Å². The summed E-state index contributed by atoms with van der Waals surface area (Å²) in [5, 5.41) is 0. The second-order valence-corrected chi connectivity index (χ2v) is 3.73. The lowest BCUT2D eigenvalue weighted by molar-refractivity contribution is 0.775. The van der Waals surface area contributed by atoms with Gasteiger partial charge in [-0.2, -0.15) is 0 Å². The van der Waals surface area contributed by atoms with Crippen molar-refractivity contribution in [2.24, 2.45) is 17.2 Å². The first-order valence-corrected chi connectivity index (χ1v) is 5.76. The number of para-hydroxylation sites is 1. The minimum absolute atomic E-state index is 0.636. The van der Waals surface area contributed by atoms with Crippen LogP contribution < -0.4 is 22.1 Å². The molecule has 0 unspecified atom stereocenters. The van der Waals surface area contributed by atoms with Crippen molar-refractivity contribution < 1.29 is 0 Å². The van der Waals surface area contributed by atoms with Gasteiger partial charge in [0, 0.05) is 31.9 Å². The molecule has 4 nitrogen and oxygen atoms in total. The molecule has 0 aliphatic heterocycles. The third-order valence-electron chi connectivity index (χ3n) is 2.54. The molecule has 0 fully saturated rings. The number of nitrogens with zero attached hydrogens (tertiary/aromatic N) is 1. The van der Waals surface area contributed by atoms with E-state index in [1.807, 2.05) is 12.1 Å². The molecule has 0 aromatic heterocycles. The molecule has 16 heavy (non-hydrogen) atoms. The smallest absolute Gasteiger partial charge is 0.0400 e. The van der Waals surface area contributed by atoms with Crippen LogP contribution in [0, 0.1) is 0 Å². The molecule has 0 atom stereocenters. The van der Waals surface area contributed by atoms with Gasteiger partial charge in [-0.15, -0.1) is 0 Å². The molecule has 0 bridgehead atoms. The van der Waals surface area contributed by atoms with Gasteiger partial charge in [0.2, 0.25) is 0 Å². The van der Waals surface area contributed by atoms with Crippen molar-refractivity contribution in [3.8, 4) is 0 Å². The fraction of sp³-hybridized carbons (Fsp3) is 0.500. The lowest BCUT2D eigenvalue weighted by Gasteiger charge is -2.26. The van der Waals surface area contributed by atoms with E-state index in [9.17, 15) is 0 Å². The van der Waals surface area contributed by atoms with Crippen LogP contribution in [0.25, 0.3) is 0 Å². The third kappa shape index (κ3) is 3.48. The Morgan fingerprint density at radius 2 is 1.50 bits per heavy atom. The minimum Gasteiger partial charge on any atom is -0.369 e. The van der Waals surface area contributed by atoms with E-state index in [-0.39, 0.29) is 0 Å². The van der Waals surface area contributed by atoms with E-state index in [1.54, 1.807) is 0 Å². The SMILES string of the molecule is NCCc1ccccc1N(CCN)CCN. The van der Waals surface area contributed by atoms with Gasteiger partial charge in [0.1, 0.15) is 0 Å². The molecule has 0 saturated carbocycles. The van der Waals surface area contributed by atoms with Gasteiger partial charge in [0.15, 0.2) is 0 Å². The van der Waals surface area contributed by atoms with Crippen molar-refractivity contribution in [3.05, 3.63) is 29.8 Å². The number of hydrogen-bond donors (Lipinski definition) is 3. The van der Waals surface area contributed by atoms with Crippen LogP contribution in [0.3, 0.4) is 0 Å². The third-order valence-corrected chi connectivity index (χ3v) is 2.54. The van der Waals surface area contributed by atoms with Gasteiger partial charge >= 0.3 is 0 Å². The van der Waals surface area contributed by atoms with E-state index in [4.69, 9.17) is 17.2 Å². The van der Waals surface area contributed by atoms with Crippen LogP contribution >= 0.6 is 0 Å². The summed E-state index contributed by atoms with van der Waals surface area (Å²) in [5.74, 6) is 0. The molecule has 0 amide bonds. The fourth-order valence-corrected chi connectivity index (χ4v) is 1.85. The first-order chi connectivity index (χ1) is 7.83. The fourth-order valence-electron chi connectivity index (χ4n) is 1.85. The molecular weight excluding hydrogens is 200 g/mol. The molecule has 4 heteroatoms. The Morgan fingerprint density at radius 1 is 0.875 bits per heavy atom. The lowest BCUT2D eigenvalue weighted by atomic mass is 10.1. The van der Waals surface area contributed by atoms with Crippen LogP contribution in [0.15, 0.2) is 24.3 Å². The Balaban J connectivity index is 2.87. The van der Waals surface area contributed by atoms with E-state index in [1.165, 1.54) is 11.3 Å². The Morgan fingerprint density at radius 3 is 2.06 bits per heavy atom. The molecule has 1 rings (SSSR count). The van der Waals surface area contributed by atoms with Gasteiger partial charge in [0.05, 0.1) is 0 Å². The zero-order chi connectivity index (χ0) is 11.8. The summed E-state index contributed by atoms with van der Waals surface area (Å²) in [7, 11) is 0. The molecular formula is C12H22N4. The van der Waals surface area contributed by atoms with Crippen molar-refractivity contribution in [3.63, 3.8) is 0 Å². The van der Waals surface area contributed by atoms with Gasteiger partial charge in [-0.25, -0.2) is 0 Å². The van der Waals surface area contributed by atoms with Gasteiger partial charge in [-0.1, -0.05) is 18.2 Å². The second-order valence-electron chi connectivity index (χ2n) is 3.73. The monoisotopic (exact) mass is 222 g/mol. The maximum Gasteiger partial charge on any atom is 0.0400 e. The maximum absolute atomic E-state index is 5.61. The van der Waals surface area contributed by atoms with Gasteiger partial charge in [-0.05, 0) is 24.6 Å². The molecule has 0 saturated heterocycles. The Hall–Kier alpha value is -1.10. The minimum atomic E-state index is 0.636. The maximum atomic E-state index is 5.61.